The first kappa shape index (κ1) is 21.7. The van der Waals surface area contributed by atoms with E-state index >= 15 is 0 Å². The quantitative estimate of drug-likeness (QED) is 0.664. The molecule has 6 nitrogen and oxygen atoms in total. The van der Waals surface area contributed by atoms with Gasteiger partial charge in [0, 0.05) is 41.5 Å². The van der Waals surface area contributed by atoms with E-state index in [1.807, 2.05) is 13.0 Å². The summed E-state index contributed by atoms with van der Waals surface area (Å²) in [6.45, 7) is 7.55. The molecule has 1 fully saturated rings. The first-order chi connectivity index (χ1) is 14.0. The first-order valence-electron chi connectivity index (χ1n) is 10.4. The third kappa shape index (κ3) is 6.24. The minimum absolute atomic E-state index is 0.115. The van der Waals surface area contributed by atoms with Gasteiger partial charge in [0.25, 0.3) is 11.8 Å². The number of nitrogens with one attached hydrogen (secondary N) is 2. The lowest BCUT2D eigenvalue weighted by atomic mass is 10.0. The summed E-state index contributed by atoms with van der Waals surface area (Å²) in [5.41, 5.74) is 2.08. The van der Waals surface area contributed by atoms with E-state index < -0.39 is 0 Å². The molecule has 1 atom stereocenters. The van der Waals surface area contributed by atoms with Crippen molar-refractivity contribution in [2.24, 2.45) is 0 Å². The van der Waals surface area contributed by atoms with Crippen molar-refractivity contribution >= 4 is 29.3 Å². The van der Waals surface area contributed by atoms with Gasteiger partial charge in [-0.1, -0.05) is 12.5 Å². The van der Waals surface area contributed by atoms with Gasteiger partial charge in [0.2, 0.25) is 0 Å². The molecule has 158 valence electrons. The number of nitrogens with zero attached hydrogens (tertiary/aromatic N) is 1. The third-order valence-corrected chi connectivity index (χ3v) is 6.25. The molecule has 2 heterocycles. The van der Waals surface area contributed by atoms with Gasteiger partial charge in [0.15, 0.2) is 5.76 Å². The van der Waals surface area contributed by atoms with Crippen LogP contribution in [-0.2, 0) is 9.53 Å². The van der Waals surface area contributed by atoms with Crippen LogP contribution < -0.4 is 10.6 Å². The first-order valence-corrected chi connectivity index (χ1v) is 11.5. The highest BCUT2D eigenvalue weighted by atomic mass is 32.2. The molecule has 0 radical (unpaired) electrons. The fraction of sp³-hybridized carbons (Fsp3) is 0.545. The van der Waals surface area contributed by atoms with E-state index in [1.165, 1.54) is 19.3 Å². The molecular weight excluding hydrogens is 386 g/mol. The van der Waals surface area contributed by atoms with E-state index in [-0.39, 0.29) is 11.8 Å². The van der Waals surface area contributed by atoms with Gasteiger partial charge in [0.05, 0.1) is 6.61 Å². The molecule has 3 rings (SSSR count). The number of carbonyl (C=O) groups is 2. The monoisotopic (exact) mass is 417 g/mol. The predicted molar refractivity (Wildman–Crippen MR) is 118 cm³/mol. The largest absolute Gasteiger partial charge is 0.487 e. The van der Waals surface area contributed by atoms with Gasteiger partial charge >= 0.3 is 0 Å². The van der Waals surface area contributed by atoms with E-state index in [0.29, 0.717) is 36.2 Å². The fourth-order valence-corrected chi connectivity index (χ4v) is 4.27. The average Bonchev–Trinajstić information content (AvgIpc) is 2.74. The minimum Gasteiger partial charge on any atom is -0.487 e. The molecule has 2 amide bonds. The standard InChI is InChI=1S/C22H31N3O3S/c1-16-7-8-18(14-19(16)24-22(27)20-15-29-13-12-28-20)21(26)23-9-5-11-25-10-4-3-6-17(25)2/h7-8,14-15,17H,3-6,9-13H2,1-2H3,(H,23,26)(H,24,27)/t17-/m1/s1. The number of rotatable bonds is 7. The second kappa shape index (κ2) is 10.7. The summed E-state index contributed by atoms with van der Waals surface area (Å²) in [6, 6.07) is 6.01. The normalized spacial score (nSPS) is 19.8. The van der Waals surface area contributed by atoms with Crippen LogP contribution in [0.2, 0.25) is 0 Å². The summed E-state index contributed by atoms with van der Waals surface area (Å²) < 4.78 is 5.40. The molecule has 0 bridgehead atoms. The zero-order valence-electron chi connectivity index (χ0n) is 17.3. The number of carbonyl (C=O) groups excluding carboxylic acids is 2. The van der Waals surface area contributed by atoms with Crippen molar-refractivity contribution in [2.45, 2.75) is 45.6 Å². The van der Waals surface area contributed by atoms with Crippen LogP contribution in [0.1, 0.15) is 48.5 Å². The Morgan fingerprint density at radius 2 is 2.14 bits per heavy atom. The Hall–Kier alpha value is -1.99. The Morgan fingerprint density at radius 1 is 1.28 bits per heavy atom. The van der Waals surface area contributed by atoms with Crippen LogP contribution in [0.5, 0.6) is 0 Å². The highest BCUT2D eigenvalue weighted by Gasteiger charge is 2.18. The van der Waals surface area contributed by atoms with E-state index in [1.54, 1.807) is 29.3 Å². The van der Waals surface area contributed by atoms with Gasteiger partial charge in [-0.25, -0.2) is 0 Å². The number of ether oxygens (including phenoxy) is 1. The second-order valence-corrected chi connectivity index (χ2v) is 8.65. The summed E-state index contributed by atoms with van der Waals surface area (Å²) >= 11 is 1.56. The third-order valence-electron chi connectivity index (χ3n) is 5.47. The fourth-order valence-electron chi connectivity index (χ4n) is 3.65. The molecule has 0 aliphatic carbocycles. The predicted octanol–water partition coefficient (Wildman–Crippen LogP) is 3.53. The van der Waals surface area contributed by atoms with Crippen LogP contribution in [0.4, 0.5) is 5.69 Å². The summed E-state index contributed by atoms with van der Waals surface area (Å²) in [6.07, 6.45) is 4.80. The molecule has 29 heavy (non-hydrogen) atoms. The van der Waals surface area contributed by atoms with Crippen molar-refractivity contribution in [1.29, 1.82) is 0 Å². The lowest BCUT2D eigenvalue weighted by molar-refractivity contribution is -0.116. The molecule has 2 N–H and O–H groups in total. The molecule has 0 aromatic heterocycles. The maximum Gasteiger partial charge on any atom is 0.291 e. The Morgan fingerprint density at radius 3 is 2.90 bits per heavy atom. The number of piperidine rings is 1. The van der Waals surface area contributed by atoms with Crippen LogP contribution in [-0.4, -0.2) is 54.8 Å². The second-order valence-electron chi connectivity index (χ2n) is 7.68. The molecule has 0 unspecified atom stereocenters. The van der Waals surface area contributed by atoms with Crippen LogP contribution in [0, 0.1) is 6.92 Å². The van der Waals surface area contributed by atoms with E-state index in [0.717, 1.165) is 30.8 Å². The maximum atomic E-state index is 12.5. The highest BCUT2D eigenvalue weighted by Crippen LogP contribution is 2.21. The van der Waals surface area contributed by atoms with Crippen LogP contribution in [0.25, 0.3) is 0 Å². The molecule has 0 spiro atoms. The van der Waals surface area contributed by atoms with Crippen molar-refractivity contribution in [1.82, 2.24) is 10.2 Å². The van der Waals surface area contributed by atoms with Crippen molar-refractivity contribution < 1.29 is 14.3 Å². The highest BCUT2D eigenvalue weighted by molar-refractivity contribution is 8.02. The summed E-state index contributed by atoms with van der Waals surface area (Å²) in [7, 11) is 0. The smallest absolute Gasteiger partial charge is 0.291 e. The Labute approximate surface area is 177 Å². The molecule has 2 aliphatic heterocycles. The summed E-state index contributed by atoms with van der Waals surface area (Å²) in [4.78, 5) is 27.4. The number of benzene rings is 1. The van der Waals surface area contributed by atoms with Crippen LogP contribution in [0.3, 0.4) is 0 Å². The molecule has 0 saturated carbocycles. The van der Waals surface area contributed by atoms with Crippen molar-refractivity contribution in [3.05, 3.63) is 40.5 Å². The molecule has 7 heteroatoms. The van der Waals surface area contributed by atoms with Crippen LogP contribution in [0.15, 0.2) is 29.4 Å². The lowest BCUT2D eigenvalue weighted by Crippen LogP contribution is -2.39. The zero-order valence-corrected chi connectivity index (χ0v) is 18.1. The van der Waals surface area contributed by atoms with Crippen molar-refractivity contribution in [3.8, 4) is 0 Å². The topological polar surface area (TPSA) is 70.7 Å². The van der Waals surface area contributed by atoms with Crippen molar-refractivity contribution in [2.75, 3.05) is 37.3 Å². The van der Waals surface area contributed by atoms with Crippen LogP contribution >= 0.6 is 11.8 Å². The molecule has 1 saturated heterocycles. The number of thioether (sulfide) groups is 1. The number of hydrogen-bond donors (Lipinski definition) is 2. The van der Waals surface area contributed by atoms with Gasteiger partial charge in [0.1, 0.15) is 0 Å². The SMILES string of the molecule is Cc1ccc(C(=O)NCCCN2CCCC[C@H]2C)cc1NC(=O)C1=CSCCO1. The molecule has 1 aromatic rings. The van der Waals surface area contributed by atoms with Crippen molar-refractivity contribution in [3.63, 3.8) is 0 Å². The molecule has 2 aliphatic rings. The van der Waals surface area contributed by atoms with E-state index in [4.69, 9.17) is 4.74 Å². The van der Waals surface area contributed by atoms with Gasteiger partial charge in [-0.05, 0) is 57.4 Å². The van der Waals surface area contributed by atoms with Gasteiger partial charge < -0.3 is 20.3 Å². The number of amides is 2. The van der Waals surface area contributed by atoms with E-state index in [9.17, 15) is 9.59 Å². The molecule has 1 aromatic carbocycles. The Bertz CT molecular complexity index is 766. The number of aryl methyl sites for hydroxylation is 1. The summed E-state index contributed by atoms with van der Waals surface area (Å²) in [5.74, 6) is 0.772. The maximum absolute atomic E-state index is 12.5. The van der Waals surface area contributed by atoms with Gasteiger partial charge in [-0.15, -0.1) is 11.8 Å². The zero-order chi connectivity index (χ0) is 20.6. The number of likely N-dealkylation sites (tertiary alicyclic amines) is 1. The lowest BCUT2D eigenvalue weighted by Gasteiger charge is -2.33. The van der Waals surface area contributed by atoms with Gasteiger partial charge in [-0.3, -0.25) is 9.59 Å². The number of hydrogen-bond acceptors (Lipinski definition) is 5. The molecular formula is C22H31N3O3S. The average molecular weight is 418 g/mol. The van der Waals surface area contributed by atoms with E-state index in [2.05, 4.69) is 22.5 Å². The number of anilines is 1. The summed E-state index contributed by atoms with van der Waals surface area (Å²) in [5, 5.41) is 7.59. The Balaban J connectivity index is 1.50. The minimum atomic E-state index is -0.284. The van der Waals surface area contributed by atoms with Gasteiger partial charge in [-0.2, -0.15) is 0 Å². The Kier molecular flexibility index (Phi) is 8.00.